The molecule has 1 fully saturated rings. The summed E-state index contributed by atoms with van der Waals surface area (Å²) < 4.78 is 0. The van der Waals surface area contributed by atoms with Gasteiger partial charge >= 0.3 is 0 Å². The third-order valence-electron chi connectivity index (χ3n) is 3.28. The van der Waals surface area contributed by atoms with Crippen molar-refractivity contribution >= 4 is 27.7 Å². The second-order valence-electron chi connectivity index (χ2n) is 4.42. The van der Waals surface area contributed by atoms with Crippen LogP contribution in [0.25, 0.3) is 0 Å². The Kier molecular flexibility index (Phi) is 3.56. The molecule has 1 atom stereocenters. The molecule has 1 saturated carbocycles. The van der Waals surface area contributed by atoms with Crippen molar-refractivity contribution in [2.24, 2.45) is 10.8 Å². The molecule has 0 N–H and O–H groups in total. The van der Waals surface area contributed by atoms with E-state index < -0.39 is 0 Å². The number of thioether (sulfide) groups is 1. The van der Waals surface area contributed by atoms with Crippen LogP contribution in [0.5, 0.6) is 0 Å². The van der Waals surface area contributed by atoms with E-state index in [2.05, 4.69) is 48.5 Å². The predicted molar refractivity (Wildman–Crippen MR) is 62.2 cm³/mol. The minimum absolute atomic E-state index is 0.602. The number of hydrogen-bond donors (Lipinski definition) is 0. The summed E-state index contributed by atoms with van der Waals surface area (Å²) in [6.45, 7) is 7.03. The molecule has 1 rings (SSSR count). The van der Waals surface area contributed by atoms with E-state index in [0.29, 0.717) is 10.8 Å². The van der Waals surface area contributed by atoms with Gasteiger partial charge in [-0.1, -0.05) is 36.7 Å². The maximum absolute atomic E-state index is 3.65. The van der Waals surface area contributed by atoms with E-state index in [1.807, 2.05) is 0 Å². The molecule has 0 radical (unpaired) electrons. The highest BCUT2D eigenvalue weighted by atomic mass is 79.9. The van der Waals surface area contributed by atoms with Crippen molar-refractivity contribution in [3.8, 4) is 0 Å². The molecule has 0 bridgehead atoms. The number of rotatable bonds is 5. The molecule has 1 aliphatic carbocycles. The van der Waals surface area contributed by atoms with Gasteiger partial charge in [0.1, 0.15) is 0 Å². The second-order valence-corrected chi connectivity index (χ2v) is 6.38. The first-order valence-electron chi connectivity index (χ1n) is 4.72. The van der Waals surface area contributed by atoms with Gasteiger partial charge < -0.3 is 0 Å². The van der Waals surface area contributed by atoms with Gasteiger partial charge in [0.25, 0.3) is 0 Å². The lowest BCUT2D eigenvalue weighted by molar-refractivity contribution is 0.419. The van der Waals surface area contributed by atoms with E-state index in [0.717, 1.165) is 0 Å². The molecule has 0 nitrogen and oxygen atoms in total. The lowest BCUT2D eigenvalue weighted by Crippen LogP contribution is -2.11. The van der Waals surface area contributed by atoms with Gasteiger partial charge in [-0.25, -0.2) is 0 Å². The molecule has 0 aliphatic heterocycles. The fraction of sp³-hybridized carbons (Fsp3) is 1.00. The summed E-state index contributed by atoms with van der Waals surface area (Å²) in [5.41, 5.74) is 1.24. The van der Waals surface area contributed by atoms with Crippen LogP contribution in [0.2, 0.25) is 0 Å². The number of hydrogen-bond acceptors (Lipinski definition) is 1. The molecule has 0 spiro atoms. The summed E-state index contributed by atoms with van der Waals surface area (Å²) in [7, 11) is 0. The van der Waals surface area contributed by atoms with Crippen molar-refractivity contribution in [2.75, 3.05) is 16.8 Å². The first-order chi connectivity index (χ1) is 5.58. The maximum atomic E-state index is 3.65. The first-order valence-corrected chi connectivity index (χ1v) is 6.99. The summed E-state index contributed by atoms with van der Waals surface area (Å²) in [5, 5.41) is 1.19. The maximum Gasteiger partial charge on any atom is 0.00935 e. The van der Waals surface area contributed by atoms with E-state index in [-0.39, 0.29) is 0 Å². The number of alkyl halides is 1. The van der Waals surface area contributed by atoms with E-state index >= 15 is 0 Å². The Labute approximate surface area is 89.0 Å². The van der Waals surface area contributed by atoms with Gasteiger partial charge in [0.05, 0.1) is 0 Å². The van der Waals surface area contributed by atoms with Crippen LogP contribution in [0, 0.1) is 10.8 Å². The Bertz CT molecular complexity index is 156. The predicted octanol–water partition coefficient (Wildman–Crippen LogP) is 3.94. The first kappa shape index (κ1) is 10.9. The quantitative estimate of drug-likeness (QED) is 0.526. The Morgan fingerprint density at radius 3 is 2.33 bits per heavy atom. The summed E-state index contributed by atoms with van der Waals surface area (Å²) >= 11 is 5.72. The molecule has 2 heteroatoms. The third-order valence-corrected chi connectivity index (χ3v) is 5.25. The van der Waals surface area contributed by atoms with Crippen molar-refractivity contribution < 1.29 is 0 Å². The molecule has 0 heterocycles. The molecule has 1 unspecified atom stereocenters. The Morgan fingerprint density at radius 2 is 2.00 bits per heavy atom. The van der Waals surface area contributed by atoms with Crippen LogP contribution in [0.4, 0.5) is 0 Å². The normalized spacial score (nSPS) is 32.0. The smallest absolute Gasteiger partial charge is 0.00935 e. The van der Waals surface area contributed by atoms with Crippen LogP contribution in [0.15, 0.2) is 0 Å². The lowest BCUT2D eigenvalue weighted by Gasteiger charge is -2.16. The Balaban J connectivity index is 2.30. The Hall–Kier alpha value is 0.830. The fourth-order valence-corrected chi connectivity index (χ4v) is 4.00. The van der Waals surface area contributed by atoms with Crippen LogP contribution < -0.4 is 0 Å². The molecule has 0 aromatic heterocycles. The van der Waals surface area contributed by atoms with Crippen molar-refractivity contribution in [2.45, 2.75) is 33.6 Å². The zero-order valence-electron chi connectivity index (χ0n) is 8.32. The summed E-state index contributed by atoms with van der Waals surface area (Å²) in [6.07, 6.45) is 2.80. The van der Waals surface area contributed by atoms with Crippen LogP contribution in [0.3, 0.4) is 0 Å². The van der Waals surface area contributed by atoms with E-state index in [1.54, 1.807) is 0 Å². The zero-order chi connectivity index (χ0) is 9.24. The van der Waals surface area contributed by atoms with Crippen LogP contribution >= 0.6 is 27.7 Å². The topological polar surface area (TPSA) is 0 Å². The third kappa shape index (κ3) is 2.01. The van der Waals surface area contributed by atoms with Gasteiger partial charge in [-0.2, -0.15) is 11.8 Å². The van der Waals surface area contributed by atoms with Gasteiger partial charge in [-0.15, -0.1) is 0 Å². The fourth-order valence-electron chi connectivity index (χ4n) is 1.94. The van der Waals surface area contributed by atoms with Gasteiger partial charge in [0.15, 0.2) is 0 Å². The van der Waals surface area contributed by atoms with E-state index in [9.17, 15) is 0 Å². The van der Waals surface area contributed by atoms with Crippen LogP contribution in [0.1, 0.15) is 33.6 Å². The minimum Gasteiger partial charge on any atom is -0.162 e. The monoisotopic (exact) mass is 250 g/mol. The van der Waals surface area contributed by atoms with Gasteiger partial charge in [-0.05, 0) is 35.2 Å². The van der Waals surface area contributed by atoms with Crippen LogP contribution in [-0.2, 0) is 0 Å². The summed E-state index contributed by atoms with van der Waals surface area (Å²) in [4.78, 5) is 0. The highest BCUT2D eigenvalue weighted by Gasteiger charge is 2.59. The van der Waals surface area contributed by atoms with Gasteiger partial charge in [0, 0.05) is 5.33 Å². The van der Waals surface area contributed by atoms with Crippen LogP contribution in [-0.4, -0.2) is 16.8 Å². The lowest BCUT2D eigenvalue weighted by atomic mass is 9.95. The molecule has 0 amide bonds. The average molecular weight is 251 g/mol. The average Bonchev–Trinajstić information content (AvgIpc) is 2.55. The SMILES string of the molecule is CCSCCC1(CBr)CC1(C)C. The highest BCUT2D eigenvalue weighted by Crippen LogP contribution is 2.66. The van der Waals surface area contributed by atoms with Crippen molar-refractivity contribution in [3.05, 3.63) is 0 Å². The highest BCUT2D eigenvalue weighted by molar-refractivity contribution is 9.09. The molecule has 1 aliphatic rings. The van der Waals surface area contributed by atoms with Gasteiger partial charge in [0.2, 0.25) is 0 Å². The molecular formula is C10H19BrS. The zero-order valence-corrected chi connectivity index (χ0v) is 10.7. The molecule has 72 valence electrons. The summed E-state index contributed by atoms with van der Waals surface area (Å²) in [5.74, 6) is 2.60. The molecule has 0 aromatic carbocycles. The summed E-state index contributed by atoms with van der Waals surface area (Å²) in [6, 6.07) is 0. The van der Waals surface area contributed by atoms with Crippen molar-refractivity contribution in [1.29, 1.82) is 0 Å². The van der Waals surface area contributed by atoms with E-state index in [4.69, 9.17) is 0 Å². The number of halogens is 1. The van der Waals surface area contributed by atoms with Gasteiger partial charge in [-0.3, -0.25) is 0 Å². The minimum atomic E-state index is 0.602. The van der Waals surface area contributed by atoms with Crippen molar-refractivity contribution in [1.82, 2.24) is 0 Å². The molecule has 0 saturated heterocycles. The second kappa shape index (κ2) is 3.91. The Morgan fingerprint density at radius 1 is 1.42 bits per heavy atom. The standard InChI is InChI=1S/C10H19BrS/c1-4-12-6-5-10(8-11)7-9(10,2)3/h4-8H2,1-3H3. The van der Waals surface area contributed by atoms with Crippen molar-refractivity contribution in [3.63, 3.8) is 0 Å². The molecular weight excluding hydrogens is 232 g/mol. The molecule has 12 heavy (non-hydrogen) atoms. The molecule has 0 aromatic rings. The largest absolute Gasteiger partial charge is 0.162 e. The van der Waals surface area contributed by atoms with E-state index in [1.165, 1.54) is 29.7 Å².